The minimum Gasteiger partial charge on any atom is -0.496 e. The lowest BCUT2D eigenvalue weighted by molar-refractivity contribution is -0.143. The van der Waals surface area contributed by atoms with Gasteiger partial charge in [-0.15, -0.1) is 0 Å². The summed E-state index contributed by atoms with van der Waals surface area (Å²) in [5.41, 5.74) is 0.0738. The third kappa shape index (κ3) is 2.98. The van der Waals surface area contributed by atoms with Crippen LogP contribution in [0, 0.1) is 5.92 Å². The quantitative estimate of drug-likeness (QED) is 0.906. The van der Waals surface area contributed by atoms with E-state index in [0.29, 0.717) is 5.92 Å². The largest absolute Gasteiger partial charge is 0.496 e. The third-order valence-electron chi connectivity index (χ3n) is 5.11. The van der Waals surface area contributed by atoms with Crippen molar-refractivity contribution in [3.63, 3.8) is 0 Å². The number of hydrogen-bond donors (Lipinski definition) is 1. The van der Waals surface area contributed by atoms with Crippen molar-refractivity contribution in [1.29, 1.82) is 0 Å². The summed E-state index contributed by atoms with van der Waals surface area (Å²) in [4.78, 5) is 13.0. The van der Waals surface area contributed by atoms with Crippen LogP contribution in [0.3, 0.4) is 0 Å². The molecule has 24 heavy (non-hydrogen) atoms. The van der Waals surface area contributed by atoms with Crippen molar-refractivity contribution in [2.75, 3.05) is 19.5 Å². The number of nitrogens with one attached hydrogen (secondary N) is 1. The second-order valence-electron chi connectivity index (χ2n) is 6.72. The lowest BCUT2D eigenvalue weighted by atomic mass is 9.78. The summed E-state index contributed by atoms with van der Waals surface area (Å²) >= 11 is 0. The first kappa shape index (κ1) is 16.8. The molecule has 4 nitrogen and oxygen atoms in total. The van der Waals surface area contributed by atoms with Gasteiger partial charge in [0.15, 0.2) is 0 Å². The van der Waals surface area contributed by atoms with E-state index in [1.807, 2.05) is 36.4 Å². The lowest BCUT2D eigenvalue weighted by Gasteiger charge is -2.37. The number of fused-ring (bicyclic) bond motifs is 1. The molecule has 0 aliphatic heterocycles. The number of carbonyl (C=O) groups is 1. The van der Waals surface area contributed by atoms with Gasteiger partial charge in [-0.1, -0.05) is 37.6 Å². The van der Waals surface area contributed by atoms with E-state index in [1.165, 1.54) is 0 Å². The Morgan fingerprint density at radius 3 is 2.58 bits per heavy atom. The molecule has 0 spiro atoms. The van der Waals surface area contributed by atoms with Gasteiger partial charge >= 0.3 is 0 Å². The van der Waals surface area contributed by atoms with Crippen molar-refractivity contribution < 1.29 is 14.3 Å². The molecule has 0 bridgehead atoms. The maximum atomic E-state index is 13.0. The Kier molecular flexibility index (Phi) is 4.76. The molecule has 1 aliphatic rings. The van der Waals surface area contributed by atoms with Crippen molar-refractivity contribution in [3.05, 3.63) is 36.4 Å². The van der Waals surface area contributed by atoms with Gasteiger partial charge in [-0.05, 0) is 37.3 Å². The molecule has 1 N–H and O–H groups in total. The van der Waals surface area contributed by atoms with Crippen LogP contribution in [-0.2, 0) is 9.53 Å². The fraction of sp³-hybridized carbons (Fsp3) is 0.450. The van der Waals surface area contributed by atoms with Crippen LogP contribution in [0.25, 0.3) is 10.8 Å². The molecule has 1 fully saturated rings. The Morgan fingerprint density at radius 2 is 1.92 bits per heavy atom. The molecule has 0 aromatic heterocycles. The molecular formula is C20H25NO3. The van der Waals surface area contributed by atoms with E-state index in [0.717, 1.165) is 47.9 Å². The molecule has 1 amide bonds. The van der Waals surface area contributed by atoms with Crippen molar-refractivity contribution in [1.82, 2.24) is 0 Å². The number of ether oxygens (including phenoxy) is 2. The zero-order valence-electron chi connectivity index (χ0n) is 14.6. The van der Waals surface area contributed by atoms with Crippen molar-refractivity contribution in [3.8, 4) is 5.75 Å². The first-order valence-corrected chi connectivity index (χ1v) is 8.52. The topological polar surface area (TPSA) is 47.6 Å². The highest BCUT2D eigenvalue weighted by Crippen LogP contribution is 2.37. The number of anilines is 1. The van der Waals surface area contributed by atoms with Crippen molar-refractivity contribution >= 4 is 22.4 Å². The van der Waals surface area contributed by atoms with Crippen molar-refractivity contribution in [2.24, 2.45) is 5.92 Å². The minimum atomic E-state index is -0.724. The lowest BCUT2D eigenvalue weighted by Crippen LogP contribution is -2.47. The zero-order valence-corrected chi connectivity index (χ0v) is 14.6. The van der Waals surface area contributed by atoms with E-state index < -0.39 is 5.60 Å². The van der Waals surface area contributed by atoms with Crippen LogP contribution >= 0.6 is 0 Å². The Balaban J connectivity index is 1.93. The van der Waals surface area contributed by atoms with Crippen LogP contribution in [0.15, 0.2) is 36.4 Å². The average molecular weight is 327 g/mol. The Bertz CT molecular complexity index is 743. The zero-order chi connectivity index (χ0) is 17.2. The third-order valence-corrected chi connectivity index (χ3v) is 5.11. The number of methoxy groups -OCH3 is 2. The van der Waals surface area contributed by atoms with Crippen LogP contribution in [0.1, 0.15) is 32.6 Å². The summed E-state index contributed by atoms with van der Waals surface area (Å²) in [6, 6.07) is 11.7. The molecule has 3 rings (SSSR count). The van der Waals surface area contributed by atoms with Crippen LogP contribution < -0.4 is 10.1 Å². The minimum absolute atomic E-state index is 0.0492. The van der Waals surface area contributed by atoms with Gasteiger partial charge in [-0.25, -0.2) is 0 Å². The first-order chi connectivity index (χ1) is 11.6. The highest BCUT2D eigenvalue weighted by atomic mass is 16.5. The maximum absolute atomic E-state index is 13.0. The fourth-order valence-corrected chi connectivity index (χ4v) is 3.78. The normalized spacial score (nSPS) is 23.9. The van der Waals surface area contributed by atoms with Crippen LogP contribution in [-0.4, -0.2) is 25.7 Å². The van der Waals surface area contributed by atoms with Gasteiger partial charge in [0.25, 0.3) is 5.91 Å². The first-order valence-electron chi connectivity index (χ1n) is 8.52. The number of rotatable bonds is 4. The molecule has 1 aliphatic carbocycles. The highest BCUT2D eigenvalue weighted by molar-refractivity contribution is 6.06. The van der Waals surface area contributed by atoms with Gasteiger partial charge in [0.05, 0.1) is 7.11 Å². The maximum Gasteiger partial charge on any atom is 0.256 e. The average Bonchev–Trinajstić information content (AvgIpc) is 2.61. The van der Waals surface area contributed by atoms with Gasteiger partial charge < -0.3 is 14.8 Å². The second kappa shape index (κ2) is 6.81. The summed E-state index contributed by atoms with van der Waals surface area (Å²) < 4.78 is 11.1. The Morgan fingerprint density at radius 1 is 1.17 bits per heavy atom. The molecule has 0 saturated heterocycles. The molecule has 1 saturated carbocycles. The smallest absolute Gasteiger partial charge is 0.256 e. The molecule has 0 heterocycles. The fourth-order valence-electron chi connectivity index (χ4n) is 3.78. The molecular weight excluding hydrogens is 302 g/mol. The summed E-state index contributed by atoms with van der Waals surface area (Å²) in [6.07, 6.45) is 3.72. The second-order valence-corrected chi connectivity index (χ2v) is 6.72. The van der Waals surface area contributed by atoms with Gasteiger partial charge in [0.2, 0.25) is 0 Å². The summed E-state index contributed by atoms with van der Waals surface area (Å²) in [6.45, 7) is 2.18. The Labute approximate surface area is 143 Å². The number of benzene rings is 2. The molecule has 2 aromatic carbocycles. The van der Waals surface area contributed by atoms with E-state index in [1.54, 1.807) is 14.2 Å². The molecule has 128 valence electrons. The standard InChI is InChI=1S/C20H25NO3/c1-14-7-6-12-20(13-14,24-3)19(22)21-17-10-11-18(23-2)16-9-5-4-8-15(16)17/h4-5,8-11,14H,6-7,12-13H2,1-3H3,(H,21,22)/t14-,20-/m1/s1. The molecule has 0 radical (unpaired) electrons. The Hall–Kier alpha value is -2.07. The number of hydrogen-bond acceptors (Lipinski definition) is 3. The molecule has 2 aromatic rings. The summed E-state index contributed by atoms with van der Waals surface area (Å²) in [7, 11) is 3.30. The summed E-state index contributed by atoms with van der Waals surface area (Å²) in [5.74, 6) is 1.25. The predicted octanol–water partition coefficient (Wildman–Crippen LogP) is 4.38. The van der Waals surface area contributed by atoms with E-state index in [2.05, 4.69) is 12.2 Å². The highest BCUT2D eigenvalue weighted by Gasteiger charge is 2.42. The monoisotopic (exact) mass is 327 g/mol. The van der Waals surface area contributed by atoms with Crippen LogP contribution in [0.5, 0.6) is 5.75 Å². The summed E-state index contributed by atoms with van der Waals surface area (Å²) in [5, 5.41) is 5.06. The van der Waals surface area contributed by atoms with Gasteiger partial charge in [0.1, 0.15) is 11.4 Å². The SMILES string of the molecule is COc1ccc(NC(=O)[C@@]2(OC)CCC[C@@H](C)C2)c2ccccc12. The molecule has 4 heteroatoms. The molecule has 0 unspecified atom stereocenters. The van der Waals surface area contributed by atoms with Crippen LogP contribution in [0.2, 0.25) is 0 Å². The van der Waals surface area contributed by atoms with E-state index in [-0.39, 0.29) is 5.91 Å². The van der Waals surface area contributed by atoms with E-state index in [4.69, 9.17) is 9.47 Å². The van der Waals surface area contributed by atoms with Crippen LogP contribution in [0.4, 0.5) is 5.69 Å². The van der Waals surface area contributed by atoms with Gasteiger partial charge in [-0.2, -0.15) is 0 Å². The van der Waals surface area contributed by atoms with Gasteiger partial charge in [0, 0.05) is 23.6 Å². The van der Waals surface area contributed by atoms with Gasteiger partial charge in [-0.3, -0.25) is 4.79 Å². The van der Waals surface area contributed by atoms with Crippen molar-refractivity contribution in [2.45, 2.75) is 38.2 Å². The van der Waals surface area contributed by atoms with E-state index in [9.17, 15) is 4.79 Å². The van der Waals surface area contributed by atoms with E-state index >= 15 is 0 Å². The number of carbonyl (C=O) groups excluding carboxylic acids is 1. The number of amides is 1. The predicted molar refractivity (Wildman–Crippen MR) is 96.5 cm³/mol. The molecule has 2 atom stereocenters.